The van der Waals surface area contributed by atoms with E-state index in [1.165, 1.54) is 12.5 Å². The second kappa shape index (κ2) is 7.36. The predicted octanol–water partition coefficient (Wildman–Crippen LogP) is 1.20. The van der Waals surface area contributed by atoms with Gasteiger partial charge in [-0.05, 0) is 19.0 Å². The van der Waals surface area contributed by atoms with E-state index >= 15 is 0 Å². The Kier molecular flexibility index (Phi) is 5.74. The topological polar surface area (TPSA) is 78.7 Å². The lowest BCUT2D eigenvalue weighted by molar-refractivity contribution is -0.380. The molecule has 0 bridgehead atoms. The van der Waals surface area contributed by atoms with Gasteiger partial charge < -0.3 is 10.2 Å². The van der Waals surface area contributed by atoms with Gasteiger partial charge in [0.15, 0.2) is 0 Å². The Morgan fingerprint density at radius 1 is 1.32 bits per heavy atom. The van der Waals surface area contributed by atoms with Crippen LogP contribution in [0.25, 0.3) is 0 Å². The van der Waals surface area contributed by atoms with Crippen LogP contribution in [0.15, 0.2) is 12.1 Å². The summed E-state index contributed by atoms with van der Waals surface area (Å²) in [6, 6.07) is 3.54. The van der Waals surface area contributed by atoms with E-state index < -0.39 is 4.92 Å². The van der Waals surface area contributed by atoms with Crippen LogP contribution >= 0.6 is 23.7 Å². The van der Waals surface area contributed by atoms with Gasteiger partial charge in [0.1, 0.15) is 0 Å². The van der Waals surface area contributed by atoms with Crippen LogP contribution in [-0.2, 0) is 0 Å². The first-order chi connectivity index (χ1) is 10.1. The highest BCUT2D eigenvalue weighted by Crippen LogP contribution is 2.25. The minimum atomic E-state index is -0.452. The molecule has 0 spiro atoms. The highest BCUT2D eigenvalue weighted by Gasteiger charge is 2.29. The number of nitrogens with zero attached hydrogens (tertiary/aromatic N) is 3. The van der Waals surface area contributed by atoms with Crippen molar-refractivity contribution in [2.75, 3.05) is 39.3 Å². The fourth-order valence-electron chi connectivity index (χ4n) is 2.94. The molecule has 1 N–H and O–H groups in total. The fraction of sp³-hybridized carbons (Fsp3) is 0.615. The van der Waals surface area contributed by atoms with E-state index in [-0.39, 0.29) is 23.3 Å². The Morgan fingerprint density at radius 2 is 2.05 bits per heavy atom. The average molecular weight is 347 g/mol. The Labute approximate surface area is 138 Å². The molecule has 2 aliphatic rings. The Morgan fingerprint density at radius 3 is 2.59 bits per heavy atom. The molecule has 0 aromatic carbocycles. The van der Waals surface area contributed by atoms with Gasteiger partial charge in [-0.25, -0.2) is 0 Å². The summed E-state index contributed by atoms with van der Waals surface area (Å²) in [5, 5.41) is 14.1. The first kappa shape index (κ1) is 17.1. The van der Waals surface area contributed by atoms with Crippen LogP contribution in [0.4, 0.5) is 5.00 Å². The molecule has 2 saturated heterocycles. The first-order valence-corrected chi connectivity index (χ1v) is 7.95. The molecule has 7 nitrogen and oxygen atoms in total. The van der Waals surface area contributed by atoms with Crippen molar-refractivity contribution in [3.8, 4) is 0 Å². The quantitative estimate of drug-likeness (QED) is 0.657. The zero-order valence-corrected chi connectivity index (χ0v) is 13.7. The van der Waals surface area contributed by atoms with Gasteiger partial charge in [0.05, 0.1) is 9.80 Å². The number of nitro groups is 1. The predicted molar refractivity (Wildman–Crippen MR) is 87.0 cm³/mol. The van der Waals surface area contributed by atoms with Crippen molar-refractivity contribution in [3.05, 3.63) is 27.1 Å². The molecule has 1 aromatic heterocycles. The summed E-state index contributed by atoms with van der Waals surface area (Å²) in [6.45, 7) is 5.26. The lowest BCUT2D eigenvalue weighted by Crippen LogP contribution is -2.52. The van der Waals surface area contributed by atoms with Crippen LogP contribution in [0.1, 0.15) is 16.1 Å². The third kappa shape index (κ3) is 3.57. The van der Waals surface area contributed by atoms with E-state index in [9.17, 15) is 14.9 Å². The monoisotopic (exact) mass is 346 g/mol. The Bertz CT molecular complexity index is 539. The van der Waals surface area contributed by atoms with Crippen molar-refractivity contribution in [3.63, 3.8) is 0 Å². The van der Waals surface area contributed by atoms with Gasteiger partial charge in [-0.15, -0.1) is 12.4 Å². The summed E-state index contributed by atoms with van der Waals surface area (Å²) >= 11 is 0.955. The average Bonchev–Trinajstić information content (AvgIpc) is 3.18. The van der Waals surface area contributed by atoms with Gasteiger partial charge in [0.25, 0.3) is 5.91 Å². The summed E-state index contributed by atoms with van der Waals surface area (Å²) in [6.07, 6.45) is 1.17. The maximum absolute atomic E-state index is 12.3. The maximum Gasteiger partial charge on any atom is 0.324 e. The minimum absolute atomic E-state index is 0. The number of nitrogens with one attached hydrogen (secondary N) is 1. The summed E-state index contributed by atoms with van der Waals surface area (Å²) < 4.78 is 0. The second-order valence-electron chi connectivity index (χ2n) is 5.37. The second-order valence-corrected chi connectivity index (χ2v) is 6.43. The first-order valence-electron chi connectivity index (χ1n) is 7.13. The van der Waals surface area contributed by atoms with Crippen molar-refractivity contribution in [1.82, 2.24) is 15.1 Å². The molecule has 2 fully saturated rings. The number of carbonyl (C=O) groups is 1. The standard InChI is InChI=1S/C13H18N4O3S.ClH/c18-13(11-1-2-12(21-11)17(19)20)16-7-5-15(6-8-16)10-3-4-14-9-10;/h1-2,10,14H,3-9H2;1H. The van der Waals surface area contributed by atoms with Gasteiger partial charge >= 0.3 is 5.00 Å². The molecule has 0 aliphatic carbocycles. The number of amides is 1. The van der Waals surface area contributed by atoms with E-state index in [0.29, 0.717) is 24.0 Å². The van der Waals surface area contributed by atoms with Crippen LogP contribution < -0.4 is 5.32 Å². The number of thiophene rings is 1. The molecule has 1 aromatic rings. The number of rotatable bonds is 3. The smallest absolute Gasteiger partial charge is 0.324 e. The number of carbonyl (C=O) groups excluding carboxylic acids is 1. The van der Waals surface area contributed by atoms with Gasteiger partial charge in [-0.3, -0.25) is 19.8 Å². The Balaban J connectivity index is 0.00000176. The highest BCUT2D eigenvalue weighted by atomic mass is 35.5. The van der Waals surface area contributed by atoms with E-state index in [2.05, 4.69) is 10.2 Å². The van der Waals surface area contributed by atoms with Crippen molar-refractivity contribution in [1.29, 1.82) is 0 Å². The summed E-state index contributed by atoms with van der Waals surface area (Å²) in [7, 11) is 0. The van der Waals surface area contributed by atoms with Crippen molar-refractivity contribution < 1.29 is 9.72 Å². The minimum Gasteiger partial charge on any atom is -0.335 e. The molecule has 0 saturated carbocycles. The normalized spacial score (nSPS) is 22.4. The third-order valence-electron chi connectivity index (χ3n) is 4.13. The zero-order valence-electron chi connectivity index (χ0n) is 12.1. The summed E-state index contributed by atoms with van der Waals surface area (Å²) in [4.78, 5) is 27.3. The summed E-state index contributed by atoms with van der Waals surface area (Å²) in [5.41, 5.74) is 0. The van der Waals surface area contributed by atoms with E-state index in [4.69, 9.17) is 0 Å². The van der Waals surface area contributed by atoms with E-state index in [0.717, 1.165) is 37.5 Å². The van der Waals surface area contributed by atoms with Crippen LogP contribution in [0.3, 0.4) is 0 Å². The van der Waals surface area contributed by atoms with Crippen LogP contribution in [0, 0.1) is 10.1 Å². The summed E-state index contributed by atoms with van der Waals surface area (Å²) in [5.74, 6) is -0.0858. The number of piperazine rings is 1. The number of hydrogen-bond acceptors (Lipinski definition) is 6. The van der Waals surface area contributed by atoms with Gasteiger partial charge in [0.2, 0.25) is 0 Å². The van der Waals surface area contributed by atoms with Gasteiger partial charge in [-0.2, -0.15) is 0 Å². The van der Waals surface area contributed by atoms with E-state index in [1.54, 1.807) is 11.0 Å². The van der Waals surface area contributed by atoms with Crippen molar-refractivity contribution in [2.24, 2.45) is 0 Å². The molecular formula is C13H19ClN4O3S. The van der Waals surface area contributed by atoms with Gasteiger partial charge in [-0.1, -0.05) is 11.3 Å². The molecule has 122 valence electrons. The molecule has 9 heteroatoms. The molecule has 1 atom stereocenters. The molecule has 0 radical (unpaired) electrons. The highest BCUT2D eigenvalue weighted by molar-refractivity contribution is 7.17. The molecule has 1 unspecified atom stereocenters. The lowest BCUT2D eigenvalue weighted by atomic mass is 10.2. The van der Waals surface area contributed by atoms with E-state index in [1.807, 2.05) is 0 Å². The van der Waals surface area contributed by atoms with Crippen molar-refractivity contribution >= 4 is 34.7 Å². The Hall–Kier alpha value is -1.22. The van der Waals surface area contributed by atoms with Crippen LogP contribution in [0.5, 0.6) is 0 Å². The lowest BCUT2D eigenvalue weighted by Gasteiger charge is -2.37. The molecule has 2 aliphatic heterocycles. The van der Waals surface area contributed by atoms with Crippen LogP contribution in [0.2, 0.25) is 0 Å². The molecule has 1 amide bonds. The molecule has 3 rings (SSSR count). The fourth-order valence-corrected chi connectivity index (χ4v) is 3.73. The van der Waals surface area contributed by atoms with Crippen molar-refractivity contribution in [2.45, 2.75) is 12.5 Å². The molecule has 22 heavy (non-hydrogen) atoms. The molecule has 3 heterocycles. The largest absolute Gasteiger partial charge is 0.335 e. The maximum atomic E-state index is 12.3. The zero-order chi connectivity index (χ0) is 14.8. The third-order valence-corrected chi connectivity index (χ3v) is 5.16. The number of halogens is 1. The SMILES string of the molecule is Cl.O=C(c1ccc([N+](=O)[O-])s1)N1CCN(C2CCNC2)CC1. The number of hydrogen-bond donors (Lipinski definition) is 1. The molecular weight excluding hydrogens is 328 g/mol. The van der Waals surface area contributed by atoms with Crippen LogP contribution in [-0.4, -0.2) is 65.9 Å². The van der Waals surface area contributed by atoms with Gasteiger partial charge in [0, 0.05) is 44.8 Å².